The highest BCUT2D eigenvalue weighted by Gasteiger charge is 2.33. The lowest BCUT2D eigenvalue weighted by molar-refractivity contribution is 0.0315. The van der Waals surface area contributed by atoms with Crippen LogP contribution in [0.3, 0.4) is 0 Å². The molecule has 0 radical (unpaired) electrons. The second-order valence-corrected chi connectivity index (χ2v) is 7.03. The van der Waals surface area contributed by atoms with E-state index < -0.39 is 0 Å². The number of aromatic nitrogens is 1. The van der Waals surface area contributed by atoms with Crippen molar-refractivity contribution in [1.29, 1.82) is 0 Å². The van der Waals surface area contributed by atoms with Gasteiger partial charge in [-0.15, -0.1) is 0 Å². The lowest BCUT2D eigenvalue weighted by atomic mass is 10.1. The molecular weight excluding hydrogens is 314 g/mol. The Morgan fingerprint density at radius 2 is 1.64 bits per heavy atom. The van der Waals surface area contributed by atoms with Crippen LogP contribution in [0.25, 0.3) is 5.69 Å². The fourth-order valence-electron chi connectivity index (χ4n) is 4.07. The van der Waals surface area contributed by atoms with Crippen molar-refractivity contribution in [3.05, 3.63) is 54.4 Å². The first-order valence-corrected chi connectivity index (χ1v) is 9.17. The van der Waals surface area contributed by atoms with Crippen molar-refractivity contribution in [2.45, 2.75) is 31.4 Å². The van der Waals surface area contributed by atoms with Crippen molar-refractivity contribution >= 4 is 5.91 Å². The normalized spacial score (nSPS) is 24.6. The van der Waals surface area contributed by atoms with Gasteiger partial charge in [-0.3, -0.25) is 9.69 Å². The molecule has 2 atom stereocenters. The zero-order chi connectivity index (χ0) is 17.2. The third-order valence-electron chi connectivity index (χ3n) is 5.53. The molecule has 1 saturated heterocycles. The minimum absolute atomic E-state index is 0.102. The number of piperazine rings is 1. The summed E-state index contributed by atoms with van der Waals surface area (Å²) in [5.41, 5.74) is 1.80. The summed E-state index contributed by atoms with van der Waals surface area (Å²) in [5.74, 6) is 0.102. The van der Waals surface area contributed by atoms with Crippen molar-refractivity contribution in [3.8, 4) is 5.69 Å². The van der Waals surface area contributed by atoms with Gasteiger partial charge in [0.1, 0.15) is 0 Å². The van der Waals surface area contributed by atoms with Crippen LogP contribution in [-0.4, -0.2) is 63.7 Å². The molecule has 1 N–H and O–H groups in total. The van der Waals surface area contributed by atoms with Crippen LogP contribution < -0.4 is 0 Å². The Hall–Kier alpha value is -2.11. The molecule has 2 aliphatic rings. The highest BCUT2D eigenvalue weighted by atomic mass is 16.3. The molecule has 2 aromatic rings. The molecule has 1 aromatic heterocycles. The Bertz CT molecular complexity index is 703. The number of hydrogen-bond acceptors (Lipinski definition) is 3. The predicted octanol–water partition coefficient (Wildman–Crippen LogP) is 2.15. The molecule has 0 bridgehead atoms. The molecule has 132 valence electrons. The smallest absolute Gasteiger partial charge is 0.253 e. The van der Waals surface area contributed by atoms with E-state index in [4.69, 9.17) is 0 Å². The van der Waals surface area contributed by atoms with Gasteiger partial charge in [0.15, 0.2) is 0 Å². The summed E-state index contributed by atoms with van der Waals surface area (Å²) in [7, 11) is 0. The lowest BCUT2D eigenvalue weighted by Gasteiger charge is -2.39. The third-order valence-corrected chi connectivity index (χ3v) is 5.53. The molecule has 25 heavy (non-hydrogen) atoms. The van der Waals surface area contributed by atoms with E-state index in [0.29, 0.717) is 0 Å². The second-order valence-electron chi connectivity index (χ2n) is 7.03. The number of nitrogens with zero attached hydrogens (tertiary/aromatic N) is 3. The van der Waals surface area contributed by atoms with Gasteiger partial charge in [-0.2, -0.15) is 0 Å². The van der Waals surface area contributed by atoms with E-state index in [-0.39, 0.29) is 18.1 Å². The van der Waals surface area contributed by atoms with E-state index in [1.54, 1.807) is 0 Å². The van der Waals surface area contributed by atoms with E-state index in [1.807, 2.05) is 58.3 Å². The molecule has 2 fully saturated rings. The first-order chi connectivity index (χ1) is 12.2. The molecule has 0 spiro atoms. The maximum atomic E-state index is 12.7. The number of carbonyl (C=O) groups is 1. The number of carbonyl (C=O) groups excluding carboxylic acids is 1. The summed E-state index contributed by atoms with van der Waals surface area (Å²) in [6.45, 7) is 3.19. The van der Waals surface area contributed by atoms with Crippen LogP contribution in [0.1, 0.15) is 29.6 Å². The number of aliphatic hydroxyl groups excluding tert-OH is 1. The van der Waals surface area contributed by atoms with Crippen molar-refractivity contribution < 1.29 is 9.90 Å². The Labute approximate surface area is 148 Å². The third kappa shape index (κ3) is 3.34. The Morgan fingerprint density at radius 1 is 0.960 bits per heavy atom. The zero-order valence-corrected chi connectivity index (χ0v) is 14.4. The first-order valence-electron chi connectivity index (χ1n) is 9.17. The molecule has 5 heteroatoms. The van der Waals surface area contributed by atoms with Gasteiger partial charge in [-0.05, 0) is 55.7 Å². The van der Waals surface area contributed by atoms with E-state index in [2.05, 4.69) is 4.90 Å². The van der Waals surface area contributed by atoms with E-state index in [9.17, 15) is 9.90 Å². The molecule has 1 aromatic carbocycles. The summed E-state index contributed by atoms with van der Waals surface area (Å²) in [4.78, 5) is 17.0. The topological polar surface area (TPSA) is 48.7 Å². The fourth-order valence-corrected chi connectivity index (χ4v) is 4.07. The fraction of sp³-hybridized carbons (Fsp3) is 0.450. The highest BCUT2D eigenvalue weighted by molar-refractivity contribution is 5.94. The second kappa shape index (κ2) is 7.02. The van der Waals surface area contributed by atoms with Gasteiger partial charge in [0, 0.05) is 55.9 Å². The number of amides is 1. The van der Waals surface area contributed by atoms with Gasteiger partial charge in [0.25, 0.3) is 5.91 Å². The standard InChI is InChI=1S/C20H25N3O2/c24-19-5-3-4-18(19)22-12-14-23(15-13-22)20(25)16-6-8-17(9-7-16)21-10-1-2-11-21/h1-2,6-11,18-19,24H,3-5,12-15H2/t18-,19+/m0/s1. The largest absolute Gasteiger partial charge is 0.391 e. The van der Waals surface area contributed by atoms with Crippen molar-refractivity contribution in [1.82, 2.24) is 14.4 Å². The molecule has 1 saturated carbocycles. The number of benzene rings is 1. The molecule has 4 rings (SSSR count). The molecule has 1 aliphatic carbocycles. The van der Waals surface area contributed by atoms with Gasteiger partial charge in [0.05, 0.1) is 6.10 Å². The van der Waals surface area contributed by atoms with E-state index in [1.165, 1.54) is 0 Å². The molecule has 1 aliphatic heterocycles. The van der Waals surface area contributed by atoms with Crippen molar-refractivity contribution in [2.24, 2.45) is 0 Å². The number of hydrogen-bond donors (Lipinski definition) is 1. The van der Waals surface area contributed by atoms with Gasteiger partial charge in [0.2, 0.25) is 0 Å². The highest BCUT2D eigenvalue weighted by Crippen LogP contribution is 2.25. The summed E-state index contributed by atoms with van der Waals surface area (Å²) in [5, 5.41) is 10.1. The minimum atomic E-state index is -0.191. The maximum absolute atomic E-state index is 12.7. The number of rotatable bonds is 3. The van der Waals surface area contributed by atoms with Crippen LogP contribution in [0.15, 0.2) is 48.8 Å². The molecule has 1 amide bonds. The Balaban J connectivity index is 1.37. The quantitative estimate of drug-likeness (QED) is 0.932. The Morgan fingerprint density at radius 3 is 2.24 bits per heavy atom. The Kier molecular flexibility index (Phi) is 4.59. The number of aliphatic hydroxyl groups is 1. The van der Waals surface area contributed by atoms with Gasteiger partial charge < -0.3 is 14.6 Å². The molecule has 2 heterocycles. The average Bonchev–Trinajstić information content (AvgIpc) is 3.33. The van der Waals surface area contributed by atoms with Crippen LogP contribution >= 0.6 is 0 Å². The zero-order valence-electron chi connectivity index (χ0n) is 14.4. The van der Waals surface area contributed by atoms with Gasteiger partial charge in [-0.25, -0.2) is 0 Å². The predicted molar refractivity (Wildman–Crippen MR) is 96.9 cm³/mol. The first kappa shape index (κ1) is 16.4. The summed E-state index contributed by atoms with van der Waals surface area (Å²) in [6.07, 6.45) is 6.90. The van der Waals surface area contributed by atoms with Crippen molar-refractivity contribution in [2.75, 3.05) is 26.2 Å². The molecular formula is C20H25N3O2. The summed E-state index contributed by atoms with van der Waals surface area (Å²) < 4.78 is 2.03. The van der Waals surface area contributed by atoms with Crippen LogP contribution in [-0.2, 0) is 0 Å². The van der Waals surface area contributed by atoms with Crippen LogP contribution in [0.4, 0.5) is 0 Å². The average molecular weight is 339 g/mol. The van der Waals surface area contributed by atoms with Crippen LogP contribution in [0.5, 0.6) is 0 Å². The molecule has 5 nitrogen and oxygen atoms in total. The SMILES string of the molecule is O=C(c1ccc(-n2cccc2)cc1)N1CCN([C@H]2CCC[C@H]2O)CC1. The van der Waals surface area contributed by atoms with Gasteiger partial charge >= 0.3 is 0 Å². The maximum Gasteiger partial charge on any atom is 0.253 e. The lowest BCUT2D eigenvalue weighted by Crippen LogP contribution is -2.53. The summed E-state index contributed by atoms with van der Waals surface area (Å²) in [6, 6.07) is 12.0. The van der Waals surface area contributed by atoms with Crippen LogP contribution in [0.2, 0.25) is 0 Å². The monoisotopic (exact) mass is 339 g/mol. The van der Waals surface area contributed by atoms with Gasteiger partial charge in [-0.1, -0.05) is 0 Å². The molecule has 0 unspecified atom stereocenters. The van der Waals surface area contributed by atoms with Crippen molar-refractivity contribution in [3.63, 3.8) is 0 Å². The van der Waals surface area contributed by atoms with Crippen LogP contribution in [0, 0.1) is 0 Å². The van der Waals surface area contributed by atoms with E-state index in [0.717, 1.165) is 56.7 Å². The van der Waals surface area contributed by atoms with E-state index >= 15 is 0 Å². The minimum Gasteiger partial charge on any atom is -0.391 e. The summed E-state index contributed by atoms with van der Waals surface area (Å²) >= 11 is 0.